The van der Waals surface area contributed by atoms with Crippen molar-refractivity contribution in [3.63, 3.8) is 0 Å². The number of aliphatic hydroxyl groups excluding tert-OH is 1. The minimum Gasteiger partial charge on any atom is -0.508 e. The van der Waals surface area contributed by atoms with Crippen LogP contribution < -0.4 is 0 Å². The molecule has 0 unspecified atom stereocenters. The normalized spacial score (nSPS) is 14.2. The van der Waals surface area contributed by atoms with Gasteiger partial charge >= 0.3 is 0 Å². The van der Waals surface area contributed by atoms with Crippen LogP contribution in [0.2, 0.25) is 0 Å². The lowest BCUT2D eigenvalue weighted by Gasteiger charge is -2.05. The van der Waals surface area contributed by atoms with Crippen molar-refractivity contribution in [3.05, 3.63) is 117 Å². The van der Waals surface area contributed by atoms with E-state index in [4.69, 9.17) is 0 Å². The van der Waals surface area contributed by atoms with E-state index in [2.05, 4.69) is 104 Å². The average molecular weight is 643 g/mol. The SMILES string of the molecule is CC(C)=CC/C(C)=C/C/C(C)=C/CC/C(=C/CC/C(C)=C/CC/C(C)=C/CC/C(C)=C/CC/C(C)=C/Cc1cc(O)ccc1O)CO. The van der Waals surface area contributed by atoms with Crippen molar-refractivity contribution in [2.45, 2.75) is 139 Å². The second-order valence-electron chi connectivity index (χ2n) is 13.7. The first-order chi connectivity index (χ1) is 22.4. The summed E-state index contributed by atoms with van der Waals surface area (Å²) in [4.78, 5) is 0. The number of aromatic hydroxyl groups is 2. The van der Waals surface area contributed by atoms with Crippen LogP contribution in [-0.4, -0.2) is 21.9 Å². The molecule has 3 nitrogen and oxygen atoms in total. The van der Waals surface area contributed by atoms with Crippen LogP contribution in [0.5, 0.6) is 11.5 Å². The lowest BCUT2D eigenvalue weighted by molar-refractivity contribution is 0.326. The molecule has 0 saturated carbocycles. The van der Waals surface area contributed by atoms with Crippen LogP contribution in [0.3, 0.4) is 0 Å². The molecular weight excluding hydrogens is 576 g/mol. The summed E-state index contributed by atoms with van der Waals surface area (Å²) >= 11 is 0. The summed E-state index contributed by atoms with van der Waals surface area (Å²) in [7, 11) is 0. The van der Waals surface area contributed by atoms with Gasteiger partial charge in [-0.25, -0.2) is 0 Å². The van der Waals surface area contributed by atoms with E-state index >= 15 is 0 Å². The van der Waals surface area contributed by atoms with Crippen molar-refractivity contribution in [1.82, 2.24) is 0 Å². The van der Waals surface area contributed by atoms with E-state index in [1.807, 2.05) is 0 Å². The van der Waals surface area contributed by atoms with Crippen molar-refractivity contribution in [2.24, 2.45) is 0 Å². The Balaban J connectivity index is 2.33. The molecule has 0 atom stereocenters. The molecule has 0 saturated heterocycles. The Labute approximate surface area is 288 Å². The Hall–Kier alpha value is -3.30. The molecule has 0 aliphatic carbocycles. The third kappa shape index (κ3) is 22.0. The molecule has 3 heteroatoms. The van der Waals surface area contributed by atoms with Gasteiger partial charge in [-0.2, -0.15) is 0 Å². The van der Waals surface area contributed by atoms with Crippen molar-refractivity contribution in [2.75, 3.05) is 6.61 Å². The van der Waals surface area contributed by atoms with E-state index in [-0.39, 0.29) is 18.1 Å². The molecule has 0 amide bonds. The predicted octanol–water partition coefficient (Wildman–Crippen LogP) is 12.9. The highest BCUT2D eigenvalue weighted by Crippen LogP contribution is 2.24. The Morgan fingerprint density at radius 2 is 0.957 bits per heavy atom. The number of phenolic OH excluding ortho intramolecular Hbond substituents is 2. The minimum atomic E-state index is 0.153. The summed E-state index contributed by atoms with van der Waals surface area (Å²) in [6.45, 7) is 17.7. The van der Waals surface area contributed by atoms with Gasteiger partial charge in [0.25, 0.3) is 0 Å². The molecular formula is C44H66O3. The molecule has 0 aromatic heterocycles. The number of hydrogen-bond donors (Lipinski definition) is 3. The molecule has 0 heterocycles. The first-order valence-electron chi connectivity index (χ1n) is 17.8. The lowest BCUT2D eigenvalue weighted by atomic mass is 10.0. The molecule has 1 aromatic carbocycles. The zero-order chi connectivity index (χ0) is 35.0. The van der Waals surface area contributed by atoms with E-state index in [1.54, 1.807) is 12.1 Å². The van der Waals surface area contributed by atoms with E-state index < -0.39 is 0 Å². The maximum absolute atomic E-state index is 9.95. The van der Waals surface area contributed by atoms with Crippen LogP contribution in [0.25, 0.3) is 0 Å². The van der Waals surface area contributed by atoms with Crippen molar-refractivity contribution < 1.29 is 15.3 Å². The Morgan fingerprint density at radius 1 is 0.511 bits per heavy atom. The van der Waals surface area contributed by atoms with E-state index in [9.17, 15) is 15.3 Å². The summed E-state index contributed by atoms with van der Waals surface area (Å²) in [6.07, 6.45) is 31.4. The zero-order valence-electron chi connectivity index (χ0n) is 31.1. The van der Waals surface area contributed by atoms with E-state index in [0.717, 1.165) is 88.2 Å². The van der Waals surface area contributed by atoms with Gasteiger partial charge in [0.15, 0.2) is 0 Å². The highest BCUT2D eigenvalue weighted by Gasteiger charge is 2.02. The molecule has 0 radical (unpaired) electrons. The third-order valence-corrected chi connectivity index (χ3v) is 8.57. The third-order valence-electron chi connectivity index (χ3n) is 8.57. The number of hydrogen-bond acceptors (Lipinski definition) is 3. The van der Waals surface area contributed by atoms with Gasteiger partial charge in [0.2, 0.25) is 0 Å². The summed E-state index contributed by atoms with van der Waals surface area (Å²) in [6, 6.07) is 4.67. The first-order valence-corrected chi connectivity index (χ1v) is 17.8. The molecule has 3 N–H and O–H groups in total. The van der Waals surface area contributed by atoms with E-state index in [0.29, 0.717) is 6.42 Å². The van der Waals surface area contributed by atoms with Crippen LogP contribution in [0.15, 0.2) is 111 Å². The smallest absolute Gasteiger partial charge is 0.119 e. The standard InChI is InChI=1S/C44H66O3/c1-34(2)24-25-40(8)27-26-38(6)21-13-23-41(33-45)22-12-20-37(5)17-10-16-35(3)14-9-15-36(4)18-11-19-39(7)28-29-42-32-43(46)30-31-44(42)47/h14,17-18,21-22,24,27-28,30-32,45-47H,9-13,15-16,19-20,23,25-26,29,33H2,1-8H3/b35-14+,36-18+,37-17+,38-21+,39-28+,40-27+,41-22-. The maximum atomic E-state index is 9.95. The van der Waals surface area contributed by atoms with Crippen LogP contribution in [0, 0.1) is 0 Å². The van der Waals surface area contributed by atoms with Gasteiger partial charge in [0.05, 0.1) is 6.61 Å². The van der Waals surface area contributed by atoms with Gasteiger partial charge in [-0.15, -0.1) is 0 Å². The molecule has 47 heavy (non-hydrogen) atoms. The van der Waals surface area contributed by atoms with Gasteiger partial charge < -0.3 is 15.3 Å². The largest absolute Gasteiger partial charge is 0.508 e. The zero-order valence-corrected chi connectivity index (χ0v) is 31.1. The van der Waals surface area contributed by atoms with Crippen LogP contribution >= 0.6 is 0 Å². The quantitative estimate of drug-likeness (QED) is 0.0871. The van der Waals surface area contributed by atoms with Gasteiger partial charge in [0, 0.05) is 5.56 Å². The van der Waals surface area contributed by atoms with Crippen LogP contribution in [0.4, 0.5) is 0 Å². The Kier molecular flexibility index (Phi) is 22.0. The van der Waals surface area contributed by atoms with Crippen molar-refractivity contribution in [3.8, 4) is 11.5 Å². The van der Waals surface area contributed by atoms with Crippen molar-refractivity contribution in [1.29, 1.82) is 0 Å². The van der Waals surface area contributed by atoms with Gasteiger partial charge in [-0.1, -0.05) is 87.6 Å². The minimum absolute atomic E-state index is 0.153. The fraction of sp³-hybridized carbons (Fsp3) is 0.500. The highest BCUT2D eigenvalue weighted by atomic mass is 16.3. The monoisotopic (exact) mass is 643 g/mol. The van der Waals surface area contributed by atoms with Crippen LogP contribution in [0.1, 0.15) is 138 Å². The van der Waals surface area contributed by atoms with Crippen molar-refractivity contribution >= 4 is 0 Å². The number of phenols is 2. The van der Waals surface area contributed by atoms with Gasteiger partial charge in [0.1, 0.15) is 11.5 Å². The Bertz CT molecular complexity index is 1320. The molecule has 0 fully saturated rings. The summed E-state index contributed by atoms with van der Waals surface area (Å²) < 4.78 is 0. The van der Waals surface area contributed by atoms with E-state index in [1.165, 1.54) is 45.1 Å². The molecule has 0 aliphatic heterocycles. The van der Waals surface area contributed by atoms with Crippen LogP contribution in [-0.2, 0) is 6.42 Å². The first kappa shape index (κ1) is 41.7. The molecule has 0 spiro atoms. The summed E-state index contributed by atoms with van der Waals surface area (Å²) in [5.41, 5.74) is 11.7. The van der Waals surface area contributed by atoms with Gasteiger partial charge in [-0.05, 0) is 163 Å². The fourth-order valence-corrected chi connectivity index (χ4v) is 5.19. The number of allylic oxidation sites excluding steroid dienone is 15. The lowest BCUT2D eigenvalue weighted by Crippen LogP contribution is -1.91. The fourth-order valence-electron chi connectivity index (χ4n) is 5.19. The second kappa shape index (κ2) is 24.8. The second-order valence-corrected chi connectivity index (χ2v) is 13.7. The molecule has 0 bridgehead atoms. The molecule has 260 valence electrons. The number of aliphatic hydroxyl groups is 1. The Morgan fingerprint density at radius 3 is 1.49 bits per heavy atom. The van der Waals surface area contributed by atoms with Gasteiger partial charge in [-0.3, -0.25) is 0 Å². The highest BCUT2D eigenvalue weighted by molar-refractivity contribution is 5.40. The topological polar surface area (TPSA) is 60.7 Å². The molecule has 1 aromatic rings. The average Bonchev–Trinajstić information content (AvgIpc) is 3.02. The number of benzene rings is 1. The molecule has 0 aliphatic rings. The summed E-state index contributed by atoms with van der Waals surface area (Å²) in [5.74, 6) is 0.415. The summed E-state index contributed by atoms with van der Waals surface area (Å²) in [5, 5.41) is 29.4. The molecule has 1 rings (SSSR count). The number of rotatable bonds is 22. The predicted molar refractivity (Wildman–Crippen MR) is 206 cm³/mol. The maximum Gasteiger partial charge on any atom is 0.119 e.